The second-order valence-electron chi connectivity index (χ2n) is 3.22. The van der Waals surface area contributed by atoms with Crippen LogP contribution in [0.3, 0.4) is 0 Å². The Labute approximate surface area is 70.6 Å². The Morgan fingerprint density at radius 1 is 1.25 bits per heavy atom. The van der Waals surface area contributed by atoms with Gasteiger partial charge in [0.05, 0.1) is 18.2 Å². The summed E-state index contributed by atoms with van der Waals surface area (Å²) >= 11 is 0. The Balaban J connectivity index is 2.58. The molecule has 1 aliphatic rings. The molecule has 5 atom stereocenters. The van der Waals surface area contributed by atoms with E-state index in [1.165, 1.54) is 6.92 Å². The van der Waals surface area contributed by atoms with Crippen LogP contribution in [0.25, 0.3) is 0 Å². The zero-order valence-electron chi connectivity index (χ0n) is 6.88. The molecule has 0 saturated carbocycles. The molecule has 5 unspecified atom stereocenters. The third kappa shape index (κ3) is 1.75. The first-order valence-corrected chi connectivity index (χ1v) is 3.99. The second-order valence-corrected chi connectivity index (χ2v) is 3.22. The second kappa shape index (κ2) is 3.68. The molecule has 0 spiro atoms. The van der Waals surface area contributed by atoms with Crippen LogP contribution >= 0.6 is 0 Å². The van der Waals surface area contributed by atoms with E-state index >= 15 is 0 Å². The first kappa shape index (κ1) is 9.88. The van der Waals surface area contributed by atoms with E-state index in [0.29, 0.717) is 0 Å². The Bertz CT molecular complexity index is 152. The Hall–Kier alpha value is -0.200. The fourth-order valence-electron chi connectivity index (χ4n) is 1.39. The molecular formula is C7H15NO4. The molecule has 0 bridgehead atoms. The van der Waals surface area contributed by atoms with Gasteiger partial charge in [0.15, 0.2) is 0 Å². The van der Waals surface area contributed by atoms with Gasteiger partial charge in [0.2, 0.25) is 0 Å². The summed E-state index contributed by atoms with van der Waals surface area (Å²) in [4.78, 5) is 0. The standard InChI is InChI=1S/C7H15NO4/c1-3(9)5-7(12)6(11)4(10)2-8-5/h3-12H,2H2,1H3. The predicted octanol–water partition coefficient (Wildman–Crippen LogP) is -2.58. The molecule has 1 rings (SSSR count). The van der Waals surface area contributed by atoms with E-state index in [-0.39, 0.29) is 6.54 Å². The van der Waals surface area contributed by atoms with Gasteiger partial charge < -0.3 is 25.7 Å². The molecule has 1 fully saturated rings. The van der Waals surface area contributed by atoms with Gasteiger partial charge >= 0.3 is 0 Å². The molecule has 5 N–H and O–H groups in total. The summed E-state index contributed by atoms with van der Waals surface area (Å²) in [6, 6.07) is -0.566. The molecular weight excluding hydrogens is 162 g/mol. The summed E-state index contributed by atoms with van der Waals surface area (Å²) < 4.78 is 0. The van der Waals surface area contributed by atoms with Crippen LogP contribution in [0.2, 0.25) is 0 Å². The Kier molecular flexibility index (Phi) is 3.03. The van der Waals surface area contributed by atoms with Gasteiger partial charge in [-0.25, -0.2) is 0 Å². The van der Waals surface area contributed by atoms with Crippen LogP contribution in [0.5, 0.6) is 0 Å². The third-order valence-corrected chi connectivity index (χ3v) is 2.19. The van der Waals surface area contributed by atoms with E-state index < -0.39 is 30.5 Å². The number of piperidine rings is 1. The highest BCUT2D eigenvalue weighted by molar-refractivity contribution is 4.94. The molecule has 0 aromatic rings. The summed E-state index contributed by atoms with van der Waals surface area (Å²) in [5.74, 6) is 0. The van der Waals surface area contributed by atoms with E-state index in [2.05, 4.69) is 5.32 Å². The first-order valence-electron chi connectivity index (χ1n) is 3.99. The van der Waals surface area contributed by atoms with Crippen molar-refractivity contribution >= 4 is 0 Å². The fourth-order valence-corrected chi connectivity index (χ4v) is 1.39. The lowest BCUT2D eigenvalue weighted by atomic mass is 9.93. The zero-order chi connectivity index (χ0) is 9.30. The van der Waals surface area contributed by atoms with Gasteiger partial charge in [0.1, 0.15) is 12.2 Å². The number of hydrogen-bond acceptors (Lipinski definition) is 5. The molecule has 12 heavy (non-hydrogen) atoms. The van der Waals surface area contributed by atoms with Crippen LogP contribution in [0.15, 0.2) is 0 Å². The summed E-state index contributed by atoms with van der Waals surface area (Å²) in [6.07, 6.45) is -4.00. The van der Waals surface area contributed by atoms with Crippen LogP contribution < -0.4 is 5.32 Å². The summed E-state index contributed by atoms with van der Waals surface area (Å²) in [7, 11) is 0. The van der Waals surface area contributed by atoms with Crippen molar-refractivity contribution < 1.29 is 20.4 Å². The lowest BCUT2D eigenvalue weighted by molar-refractivity contribution is -0.111. The normalized spacial score (nSPS) is 45.8. The van der Waals surface area contributed by atoms with E-state index in [1.807, 2.05) is 0 Å². The monoisotopic (exact) mass is 177 g/mol. The minimum atomic E-state index is -1.18. The average Bonchev–Trinajstić information content (AvgIpc) is 2.00. The number of hydrogen-bond donors (Lipinski definition) is 5. The fraction of sp³-hybridized carbons (Fsp3) is 1.00. The highest BCUT2D eigenvalue weighted by Gasteiger charge is 2.38. The molecule has 5 heteroatoms. The number of rotatable bonds is 1. The minimum absolute atomic E-state index is 0.188. The third-order valence-electron chi connectivity index (χ3n) is 2.19. The van der Waals surface area contributed by atoms with Crippen molar-refractivity contribution in [3.8, 4) is 0 Å². The maximum absolute atomic E-state index is 9.35. The van der Waals surface area contributed by atoms with Crippen molar-refractivity contribution in [2.75, 3.05) is 6.54 Å². The Morgan fingerprint density at radius 2 is 1.83 bits per heavy atom. The van der Waals surface area contributed by atoms with E-state index in [1.54, 1.807) is 0 Å². The number of aliphatic hydroxyl groups excluding tert-OH is 4. The molecule has 0 aromatic carbocycles. The largest absolute Gasteiger partial charge is 0.392 e. The molecule has 0 amide bonds. The van der Waals surface area contributed by atoms with Gasteiger partial charge in [0, 0.05) is 6.54 Å². The van der Waals surface area contributed by atoms with Crippen molar-refractivity contribution in [3.05, 3.63) is 0 Å². The smallest absolute Gasteiger partial charge is 0.109 e. The summed E-state index contributed by atoms with van der Waals surface area (Å²) in [5.41, 5.74) is 0. The van der Waals surface area contributed by atoms with Crippen LogP contribution in [0.4, 0.5) is 0 Å². The maximum atomic E-state index is 9.35. The van der Waals surface area contributed by atoms with Gasteiger partial charge in [0.25, 0.3) is 0 Å². The molecule has 72 valence electrons. The van der Waals surface area contributed by atoms with Crippen molar-refractivity contribution in [1.82, 2.24) is 5.32 Å². The van der Waals surface area contributed by atoms with Gasteiger partial charge in [-0.2, -0.15) is 0 Å². The van der Waals surface area contributed by atoms with E-state index in [9.17, 15) is 10.2 Å². The van der Waals surface area contributed by atoms with Crippen LogP contribution in [0.1, 0.15) is 6.92 Å². The molecule has 0 aliphatic carbocycles. The Morgan fingerprint density at radius 3 is 2.33 bits per heavy atom. The highest BCUT2D eigenvalue weighted by atomic mass is 16.4. The molecule has 0 radical (unpaired) electrons. The predicted molar refractivity (Wildman–Crippen MR) is 41.5 cm³/mol. The minimum Gasteiger partial charge on any atom is -0.392 e. The number of β-amino-alcohol motifs (C(OH)–C–C–N with tert-alkyl or cyclic N) is 1. The SMILES string of the molecule is CC(O)C1NCC(O)C(O)C1O. The van der Waals surface area contributed by atoms with Crippen LogP contribution in [-0.2, 0) is 0 Å². The van der Waals surface area contributed by atoms with Crippen LogP contribution in [0, 0.1) is 0 Å². The number of aliphatic hydroxyl groups is 4. The summed E-state index contributed by atoms with van der Waals surface area (Å²) in [5, 5.41) is 39.5. The lowest BCUT2D eigenvalue weighted by Gasteiger charge is -2.37. The maximum Gasteiger partial charge on any atom is 0.109 e. The van der Waals surface area contributed by atoms with Crippen molar-refractivity contribution in [1.29, 1.82) is 0 Å². The molecule has 5 nitrogen and oxygen atoms in total. The summed E-state index contributed by atoms with van der Waals surface area (Å²) in [6.45, 7) is 1.71. The van der Waals surface area contributed by atoms with Crippen molar-refractivity contribution in [2.45, 2.75) is 37.4 Å². The molecule has 1 aliphatic heterocycles. The van der Waals surface area contributed by atoms with Gasteiger partial charge in [-0.05, 0) is 6.92 Å². The highest BCUT2D eigenvalue weighted by Crippen LogP contribution is 2.12. The quantitative estimate of drug-likeness (QED) is 0.303. The molecule has 0 aromatic heterocycles. The van der Waals surface area contributed by atoms with Crippen molar-refractivity contribution in [2.24, 2.45) is 0 Å². The van der Waals surface area contributed by atoms with Gasteiger partial charge in [-0.3, -0.25) is 0 Å². The average molecular weight is 177 g/mol. The van der Waals surface area contributed by atoms with Crippen LogP contribution in [-0.4, -0.2) is 57.4 Å². The van der Waals surface area contributed by atoms with E-state index in [0.717, 1.165) is 0 Å². The zero-order valence-corrected chi connectivity index (χ0v) is 6.88. The molecule has 1 saturated heterocycles. The molecule has 1 heterocycles. The topological polar surface area (TPSA) is 93.0 Å². The van der Waals surface area contributed by atoms with Gasteiger partial charge in [-0.1, -0.05) is 0 Å². The van der Waals surface area contributed by atoms with E-state index in [4.69, 9.17) is 10.2 Å². The lowest BCUT2D eigenvalue weighted by Crippen LogP contribution is -2.62. The van der Waals surface area contributed by atoms with Gasteiger partial charge in [-0.15, -0.1) is 0 Å². The van der Waals surface area contributed by atoms with Crippen molar-refractivity contribution in [3.63, 3.8) is 0 Å². The number of nitrogens with one attached hydrogen (secondary N) is 1. The first-order chi connectivity index (χ1) is 5.54.